The third-order valence-electron chi connectivity index (χ3n) is 1.99. The summed E-state index contributed by atoms with van der Waals surface area (Å²) in [5.41, 5.74) is 0. The van der Waals surface area contributed by atoms with E-state index in [0.717, 1.165) is 6.39 Å². The Morgan fingerprint density at radius 2 is 2.29 bits per heavy atom. The molecule has 0 radical (unpaired) electrons. The summed E-state index contributed by atoms with van der Waals surface area (Å²) in [6, 6.07) is -0.691. The first kappa shape index (κ1) is 12.9. The smallest absolute Gasteiger partial charge is 0.323 e. The Hall–Kier alpha value is -2.12. The topological polar surface area (TPSA) is 109 Å². The minimum absolute atomic E-state index is 0.0954. The summed E-state index contributed by atoms with van der Waals surface area (Å²) in [4.78, 5) is 27.2. The lowest BCUT2D eigenvalue weighted by Crippen LogP contribution is -2.46. The molecule has 8 heteroatoms. The van der Waals surface area contributed by atoms with Crippen LogP contribution in [-0.2, 0) is 11.3 Å². The van der Waals surface area contributed by atoms with Gasteiger partial charge in [-0.3, -0.25) is 4.79 Å². The van der Waals surface area contributed by atoms with E-state index in [1.54, 1.807) is 13.8 Å². The molecule has 1 aromatic rings. The van der Waals surface area contributed by atoms with Gasteiger partial charge in [-0.25, -0.2) is 4.79 Å². The molecule has 0 bridgehead atoms. The number of rotatable bonds is 5. The number of carboxylic acid groups (broad SMARTS) is 1. The Kier molecular flexibility index (Phi) is 4.44. The van der Waals surface area contributed by atoms with Crippen LogP contribution in [0, 0.1) is 0 Å². The van der Waals surface area contributed by atoms with Gasteiger partial charge >= 0.3 is 12.0 Å². The van der Waals surface area contributed by atoms with Crippen molar-refractivity contribution in [2.24, 2.45) is 0 Å². The first-order valence-electron chi connectivity index (χ1n) is 5.02. The average molecular weight is 242 g/mol. The lowest BCUT2D eigenvalue weighted by molar-refractivity contribution is -0.138. The van der Waals surface area contributed by atoms with Gasteiger partial charge in [-0.05, 0) is 13.8 Å². The monoisotopic (exact) mass is 242 g/mol. The summed E-state index contributed by atoms with van der Waals surface area (Å²) in [5, 5.41) is 14.7. The summed E-state index contributed by atoms with van der Waals surface area (Å²) in [7, 11) is 0. The molecular weight excluding hydrogens is 228 g/mol. The van der Waals surface area contributed by atoms with Crippen LogP contribution in [0.5, 0.6) is 0 Å². The maximum atomic E-state index is 11.7. The van der Waals surface area contributed by atoms with E-state index in [1.165, 1.54) is 4.90 Å². The largest absolute Gasteiger partial charge is 0.480 e. The fraction of sp³-hybridized carbons (Fsp3) is 0.556. The number of carbonyl (C=O) groups excluding carboxylic acids is 1. The van der Waals surface area contributed by atoms with Crippen molar-refractivity contribution in [3.63, 3.8) is 0 Å². The molecule has 0 unspecified atom stereocenters. The fourth-order valence-corrected chi connectivity index (χ4v) is 1.16. The first-order chi connectivity index (χ1) is 8.00. The number of urea groups is 1. The molecule has 1 rings (SSSR count). The highest BCUT2D eigenvalue weighted by Gasteiger charge is 2.19. The van der Waals surface area contributed by atoms with E-state index in [2.05, 4.69) is 20.0 Å². The van der Waals surface area contributed by atoms with Gasteiger partial charge in [0.25, 0.3) is 0 Å². The molecule has 0 saturated carbocycles. The average Bonchev–Trinajstić information content (AvgIpc) is 2.74. The zero-order chi connectivity index (χ0) is 12.8. The molecule has 2 N–H and O–H groups in total. The first-order valence-corrected chi connectivity index (χ1v) is 5.02. The highest BCUT2D eigenvalue weighted by atomic mass is 16.5. The maximum Gasteiger partial charge on any atom is 0.323 e. The van der Waals surface area contributed by atoms with Crippen molar-refractivity contribution in [1.82, 2.24) is 20.4 Å². The van der Waals surface area contributed by atoms with E-state index in [0.29, 0.717) is 5.82 Å². The third kappa shape index (κ3) is 4.09. The Morgan fingerprint density at radius 1 is 1.59 bits per heavy atom. The van der Waals surface area contributed by atoms with Crippen LogP contribution in [0.2, 0.25) is 0 Å². The number of carboxylic acids is 1. The van der Waals surface area contributed by atoms with E-state index in [1.807, 2.05) is 0 Å². The van der Waals surface area contributed by atoms with E-state index >= 15 is 0 Å². The molecule has 94 valence electrons. The van der Waals surface area contributed by atoms with E-state index < -0.39 is 12.0 Å². The predicted octanol–water partition coefficient (Wildman–Crippen LogP) is 0.0742. The van der Waals surface area contributed by atoms with Gasteiger partial charge in [-0.1, -0.05) is 5.16 Å². The molecule has 0 spiro atoms. The summed E-state index contributed by atoms with van der Waals surface area (Å²) in [6.07, 6.45) is 1.15. The van der Waals surface area contributed by atoms with Crippen LogP contribution in [0.1, 0.15) is 19.7 Å². The molecule has 0 aliphatic rings. The van der Waals surface area contributed by atoms with Crippen molar-refractivity contribution in [2.45, 2.75) is 26.4 Å². The van der Waals surface area contributed by atoms with Crippen LogP contribution in [0.3, 0.4) is 0 Å². The highest BCUT2D eigenvalue weighted by molar-refractivity contribution is 5.80. The summed E-state index contributed by atoms with van der Waals surface area (Å²) in [6.45, 7) is 3.21. The zero-order valence-corrected chi connectivity index (χ0v) is 9.58. The maximum absolute atomic E-state index is 11.7. The number of hydrogen-bond donors (Lipinski definition) is 2. The highest BCUT2D eigenvalue weighted by Crippen LogP contribution is 1.99. The molecular formula is C9H14N4O4. The van der Waals surface area contributed by atoms with Gasteiger partial charge in [0.05, 0.1) is 6.54 Å². The molecule has 0 aliphatic heterocycles. The van der Waals surface area contributed by atoms with Crippen molar-refractivity contribution < 1.29 is 19.2 Å². The lowest BCUT2D eigenvalue weighted by Gasteiger charge is -2.24. The van der Waals surface area contributed by atoms with Crippen LogP contribution in [-0.4, -0.2) is 44.7 Å². The van der Waals surface area contributed by atoms with Crippen LogP contribution < -0.4 is 5.32 Å². The fourth-order valence-electron chi connectivity index (χ4n) is 1.16. The van der Waals surface area contributed by atoms with Gasteiger partial charge in [-0.2, -0.15) is 4.98 Å². The summed E-state index contributed by atoms with van der Waals surface area (Å²) < 4.78 is 4.50. The number of amides is 2. The normalized spacial score (nSPS) is 10.3. The number of hydrogen-bond acceptors (Lipinski definition) is 5. The van der Waals surface area contributed by atoms with Crippen LogP contribution >= 0.6 is 0 Å². The Morgan fingerprint density at radius 3 is 2.76 bits per heavy atom. The Bertz CT molecular complexity index is 376. The number of carbonyl (C=O) groups is 2. The molecule has 0 aliphatic carbocycles. The summed E-state index contributed by atoms with van der Waals surface area (Å²) in [5.74, 6) is -0.731. The van der Waals surface area contributed by atoms with Gasteiger partial charge < -0.3 is 19.8 Å². The lowest BCUT2D eigenvalue weighted by atomic mass is 10.3. The molecule has 8 nitrogen and oxygen atoms in total. The molecule has 17 heavy (non-hydrogen) atoms. The minimum Gasteiger partial charge on any atom is -0.480 e. The van der Waals surface area contributed by atoms with Gasteiger partial charge in [0, 0.05) is 6.04 Å². The molecule has 1 heterocycles. The minimum atomic E-state index is -1.06. The van der Waals surface area contributed by atoms with Crippen molar-refractivity contribution in [1.29, 1.82) is 0 Å². The van der Waals surface area contributed by atoms with Gasteiger partial charge in [-0.15, -0.1) is 0 Å². The molecule has 2 amide bonds. The zero-order valence-electron chi connectivity index (χ0n) is 9.58. The second-order valence-corrected chi connectivity index (χ2v) is 3.62. The molecule has 0 atom stereocenters. The molecule has 0 saturated heterocycles. The van der Waals surface area contributed by atoms with Gasteiger partial charge in [0.2, 0.25) is 6.39 Å². The Labute approximate surface area is 97.6 Å². The number of nitrogens with one attached hydrogen (secondary N) is 1. The summed E-state index contributed by atoms with van der Waals surface area (Å²) >= 11 is 0. The van der Waals surface area contributed by atoms with E-state index in [4.69, 9.17) is 5.11 Å². The van der Waals surface area contributed by atoms with Crippen molar-refractivity contribution in [2.75, 3.05) is 6.54 Å². The molecule has 0 fully saturated rings. The quantitative estimate of drug-likeness (QED) is 0.756. The van der Waals surface area contributed by atoms with E-state index in [-0.39, 0.29) is 19.1 Å². The second-order valence-electron chi connectivity index (χ2n) is 3.62. The predicted molar refractivity (Wildman–Crippen MR) is 56.0 cm³/mol. The number of aliphatic carboxylic acids is 1. The van der Waals surface area contributed by atoms with Gasteiger partial charge in [0.15, 0.2) is 5.82 Å². The molecule has 0 aromatic carbocycles. The SMILES string of the molecule is CC(C)N(CC(=O)O)C(=O)NCc1ncon1. The number of nitrogens with zero attached hydrogens (tertiary/aromatic N) is 3. The molecule has 1 aromatic heterocycles. The standard InChI is InChI=1S/C9H14N4O4/c1-6(2)13(4-8(14)15)9(16)10-3-7-11-5-17-12-7/h5-6H,3-4H2,1-2H3,(H,10,16)(H,14,15). The van der Waals surface area contributed by atoms with Crippen LogP contribution in [0.15, 0.2) is 10.9 Å². The van der Waals surface area contributed by atoms with Crippen molar-refractivity contribution >= 4 is 12.0 Å². The Balaban J connectivity index is 2.50. The van der Waals surface area contributed by atoms with Crippen LogP contribution in [0.25, 0.3) is 0 Å². The second kappa shape index (κ2) is 5.83. The third-order valence-corrected chi connectivity index (χ3v) is 1.99. The van der Waals surface area contributed by atoms with Crippen LogP contribution in [0.4, 0.5) is 4.79 Å². The van der Waals surface area contributed by atoms with Gasteiger partial charge in [0.1, 0.15) is 6.54 Å². The van der Waals surface area contributed by atoms with Crippen molar-refractivity contribution in [3.8, 4) is 0 Å². The van der Waals surface area contributed by atoms with E-state index in [9.17, 15) is 9.59 Å². The number of aromatic nitrogens is 2. The van der Waals surface area contributed by atoms with Crippen molar-refractivity contribution in [3.05, 3.63) is 12.2 Å².